The number of phenolic OH excluding ortho intramolecular Hbond substituents is 1. The lowest BCUT2D eigenvalue weighted by molar-refractivity contribution is 0.403. The predicted octanol–water partition coefficient (Wildman–Crippen LogP) is 3.34. The van der Waals surface area contributed by atoms with Crippen molar-refractivity contribution in [1.29, 1.82) is 5.41 Å². The number of aromatic nitrogens is 4. The molecule has 10 heteroatoms. The molecule has 0 amide bonds. The molecule has 0 spiro atoms. The molecule has 0 aliphatic carbocycles. The number of hydrogen-bond acceptors (Lipinski definition) is 7. The van der Waals surface area contributed by atoms with Crippen molar-refractivity contribution in [3.8, 4) is 5.75 Å². The van der Waals surface area contributed by atoms with Crippen molar-refractivity contribution in [3.05, 3.63) is 64.2 Å². The van der Waals surface area contributed by atoms with Crippen LogP contribution in [-0.2, 0) is 5.54 Å². The van der Waals surface area contributed by atoms with E-state index in [2.05, 4.69) is 15.3 Å². The fourth-order valence-electron chi connectivity index (χ4n) is 4.58. The molecule has 0 radical (unpaired) electrons. The van der Waals surface area contributed by atoms with E-state index in [1.165, 1.54) is 6.33 Å². The highest BCUT2D eigenvalue weighted by Crippen LogP contribution is 2.46. The first-order valence-electron chi connectivity index (χ1n) is 10.5. The first-order valence-corrected chi connectivity index (χ1v) is 10.8. The number of allylic oxidation sites excluding steroid dienone is 2. The molecule has 3 aromatic rings. The minimum atomic E-state index is -1.21. The van der Waals surface area contributed by atoms with Crippen LogP contribution in [0.2, 0.25) is 0 Å². The van der Waals surface area contributed by atoms with Crippen molar-refractivity contribution >= 4 is 34.3 Å². The van der Waals surface area contributed by atoms with Crippen LogP contribution in [-0.4, -0.2) is 49.7 Å². The summed E-state index contributed by atoms with van der Waals surface area (Å²) in [4.78, 5) is 10.2. The number of nitrogens with two attached hydrogens (primary N) is 1. The number of nitrogens with one attached hydrogen (secondary N) is 2. The Labute approximate surface area is 197 Å². The van der Waals surface area contributed by atoms with Gasteiger partial charge in [-0.1, -0.05) is 23.7 Å². The van der Waals surface area contributed by atoms with Crippen molar-refractivity contribution in [3.63, 3.8) is 0 Å². The summed E-state index contributed by atoms with van der Waals surface area (Å²) in [5.74, 6) is 0.660. The summed E-state index contributed by atoms with van der Waals surface area (Å²) in [6, 6.07) is 4.90. The van der Waals surface area contributed by atoms with Crippen LogP contribution >= 0.6 is 11.6 Å². The van der Waals surface area contributed by atoms with Crippen LogP contribution in [0.15, 0.2) is 47.4 Å². The van der Waals surface area contributed by atoms with Gasteiger partial charge in [0, 0.05) is 25.9 Å². The summed E-state index contributed by atoms with van der Waals surface area (Å²) in [6.07, 6.45) is 4.87. The van der Waals surface area contributed by atoms with Gasteiger partial charge in [-0.25, -0.2) is 14.6 Å². The fraction of sp³-hybridized carbons (Fsp3) is 0.304. The van der Waals surface area contributed by atoms with Gasteiger partial charge in [-0.15, -0.1) is 0 Å². The average Bonchev–Trinajstić information content (AvgIpc) is 3.11. The second-order valence-electron chi connectivity index (χ2n) is 8.40. The highest BCUT2D eigenvalue weighted by molar-refractivity contribution is 6.31. The SMILES string of the molecule is Cc1cccc(O)c1C1(C(=N)N(C)C)NC=C(Cl)C=C1C(C)n1nc(C)c2c(N)ncnc21. The van der Waals surface area contributed by atoms with Crippen LogP contribution in [0.4, 0.5) is 5.82 Å². The number of fused-ring (bicyclic) bond motifs is 1. The number of rotatable bonds is 4. The molecule has 0 saturated heterocycles. The van der Waals surface area contributed by atoms with Gasteiger partial charge in [0.05, 0.1) is 22.2 Å². The van der Waals surface area contributed by atoms with Crippen LogP contribution in [0, 0.1) is 19.3 Å². The van der Waals surface area contributed by atoms with E-state index in [1.807, 2.05) is 32.9 Å². The fourth-order valence-corrected chi connectivity index (χ4v) is 4.75. The summed E-state index contributed by atoms with van der Waals surface area (Å²) in [5.41, 5.74) is 8.31. The third-order valence-electron chi connectivity index (χ3n) is 6.09. The van der Waals surface area contributed by atoms with Gasteiger partial charge in [0.25, 0.3) is 0 Å². The van der Waals surface area contributed by atoms with E-state index in [1.54, 1.807) is 42.0 Å². The van der Waals surface area contributed by atoms with E-state index in [-0.39, 0.29) is 11.6 Å². The highest BCUT2D eigenvalue weighted by atomic mass is 35.5. The number of nitrogen functional groups attached to an aromatic ring is 1. The lowest BCUT2D eigenvalue weighted by Crippen LogP contribution is -2.56. The van der Waals surface area contributed by atoms with Gasteiger partial charge < -0.3 is 21.1 Å². The first-order chi connectivity index (χ1) is 15.6. The number of hydrogen-bond donors (Lipinski definition) is 4. The molecule has 33 heavy (non-hydrogen) atoms. The molecule has 1 aliphatic heterocycles. The van der Waals surface area contributed by atoms with E-state index in [4.69, 9.17) is 27.8 Å². The molecule has 0 fully saturated rings. The summed E-state index contributed by atoms with van der Waals surface area (Å²) >= 11 is 6.47. The van der Waals surface area contributed by atoms with E-state index < -0.39 is 11.6 Å². The lowest BCUT2D eigenvalue weighted by Gasteiger charge is -2.44. The predicted molar refractivity (Wildman–Crippen MR) is 130 cm³/mol. The van der Waals surface area contributed by atoms with Crippen molar-refractivity contribution in [2.75, 3.05) is 19.8 Å². The van der Waals surface area contributed by atoms with Gasteiger partial charge >= 0.3 is 0 Å². The average molecular weight is 467 g/mol. The highest BCUT2D eigenvalue weighted by Gasteiger charge is 2.48. The Bertz CT molecular complexity index is 1310. The molecule has 2 atom stereocenters. The van der Waals surface area contributed by atoms with Gasteiger partial charge in [0.15, 0.2) is 5.65 Å². The van der Waals surface area contributed by atoms with Gasteiger partial charge in [0.1, 0.15) is 29.3 Å². The molecule has 2 unspecified atom stereocenters. The Morgan fingerprint density at radius 3 is 2.70 bits per heavy atom. The van der Waals surface area contributed by atoms with Crippen molar-refractivity contribution in [2.45, 2.75) is 32.4 Å². The molecule has 0 bridgehead atoms. The summed E-state index contributed by atoms with van der Waals surface area (Å²) in [6.45, 7) is 5.72. The molecule has 4 rings (SSSR count). The summed E-state index contributed by atoms with van der Waals surface area (Å²) in [5, 5.41) is 29.3. The van der Waals surface area contributed by atoms with Gasteiger partial charge in [-0.3, -0.25) is 5.41 Å². The Balaban J connectivity index is 2.03. The minimum Gasteiger partial charge on any atom is -0.508 e. The summed E-state index contributed by atoms with van der Waals surface area (Å²) in [7, 11) is 3.59. The van der Waals surface area contributed by atoms with E-state index in [9.17, 15) is 5.11 Å². The van der Waals surface area contributed by atoms with E-state index >= 15 is 0 Å². The third kappa shape index (κ3) is 3.39. The number of aryl methyl sites for hydroxylation is 2. The lowest BCUT2D eigenvalue weighted by atomic mass is 9.74. The van der Waals surface area contributed by atoms with Gasteiger partial charge in [-0.2, -0.15) is 5.10 Å². The number of amidine groups is 1. The number of phenols is 1. The Morgan fingerprint density at radius 2 is 2.03 bits per heavy atom. The van der Waals surface area contributed by atoms with E-state index in [0.717, 1.165) is 11.1 Å². The number of halogens is 1. The molecular formula is C23H27ClN8O. The number of dihydropyridines is 1. The quantitative estimate of drug-likeness (QED) is 0.342. The minimum absolute atomic E-state index is 0.0756. The second kappa shape index (κ2) is 8.08. The van der Waals surface area contributed by atoms with Crippen LogP contribution in [0.5, 0.6) is 5.75 Å². The molecule has 0 saturated carbocycles. The maximum absolute atomic E-state index is 11.0. The molecular weight excluding hydrogens is 440 g/mol. The summed E-state index contributed by atoms with van der Waals surface area (Å²) < 4.78 is 1.76. The van der Waals surface area contributed by atoms with Crippen molar-refractivity contribution < 1.29 is 5.11 Å². The number of likely N-dealkylation sites (N-methyl/N-ethyl adjacent to an activating group) is 1. The van der Waals surface area contributed by atoms with Crippen LogP contribution in [0.3, 0.4) is 0 Å². The third-order valence-corrected chi connectivity index (χ3v) is 6.31. The number of benzene rings is 1. The van der Waals surface area contributed by atoms with Gasteiger partial charge in [-0.05, 0) is 44.1 Å². The molecule has 1 aliphatic rings. The molecule has 3 heterocycles. The van der Waals surface area contributed by atoms with Crippen molar-refractivity contribution in [2.24, 2.45) is 0 Å². The largest absolute Gasteiger partial charge is 0.508 e. The maximum Gasteiger partial charge on any atom is 0.164 e. The van der Waals surface area contributed by atoms with Crippen LogP contribution < -0.4 is 11.1 Å². The normalized spacial score (nSPS) is 19.0. The molecule has 2 aromatic heterocycles. The maximum atomic E-state index is 11.0. The molecule has 172 valence electrons. The Hall–Kier alpha value is -3.59. The molecule has 9 nitrogen and oxygen atoms in total. The molecule has 5 N–H and O–H groups in total. The first kappa shape index (κ1) is 22.6. The monoisotopic (exact) mass is 466 g/mol. The smallest absolute Gasteiger partial charge is 0.164 e. The Kier molecular flexibility index (Phi) is 5.53. The van der Waals surface area contributed by atoms with E-state index in [0.29, 0.717) is 33.1 Å². The Morgan fingerprint density at radius 1 is 1.30 bits per heavy atom. The van der Waals surface area contributed by atoms with Gasteiger partial charge in [0.2, 0.25) is 0 Å². The second-order valence-corrected chi connectivity index (χ2v) is 8.84. The van der Waals surface area contributed by atoms with Crippen LogP contribution in [0.1, 0.15) is 29.8 Å². The zero-order valence-electron chi connectivity index (χ0n) is 19.2. The number of anilines is 1. The zero-order chi connectivity index (χ0) is 24.1. The number of aromatic hydroxyl groups is 1. The molecule has 1 aromatic carbocycles. The standard InChI is InChI=1S/C23H27ClN8O/c1-12-7-6-8-17(33)19(12)23(22(26)31(4)5)16(9-15(24)10-29-23)14(3)32-21-18(13(2)30-32)20(25)27-11-28-21/h6-11,14,26,29,33H,1-5H3,(H2,25,27,28). The zero-order valence-corrected chi connectivity index (χ0v) is 19.9. The van der Waals surface area contributed by atoms with Crippen molar-refractivity contribution in [1.82, 2.24) is 30.0 Å². The van der Waals surface area contributed by atoms with Crippen LogP contribution in [0.25, 0.3) is 11.0 Å². The topological polar surface area (TPSA) is 129 Å². The number of nitrogens with zero attached hydrogens (tertiary/aromatic N) is 5.